The van der Waals surface area contributed by atoms with Crippen LogP contribution >= 0.6 is 11.6 Å². The minimum absolute atomic E-state index is 0.0117. The Morgan fingerprint density at radius 2 is 1.65 bits per heavy atom. The Labute approximate surface area is 122 Å². The highest BCUT2D eigenvalue weighted by molar-refractivity contribution is 7.89. The van der Waals surface area contributed by atoms with Crippen molar-refractivity contribution in [3.8, 4) is 0 Å². The molecule has 3 nitrogen and oxygen atoms in total. The van der Waals surface area contributed by atoms with Crippen LogP contribution in [0, 0.1) is 5.82 Å². The van der Waals surface area contributed by atoms with Gasteiger partial charge in [0.2, 0.25) is 10.0 Å². The van der Waals surface area contributed by atoms with Crippen molar-refractivity contribution in [2.24, 2.45) is 0 Å². The predicted octanol–water partition coefficient (Wildman–Crippen LogP) is 3.08. The lowest BCUT2D eigenvalue weighted by atomic mass is 10.1. The molecule has 0 aromatic heterocycles. The van der Waals surface area contributed by atoms with Crippen molar-refractivity contribution in [2.75, 3.05) is 6.54 Å². The van der Waals surface area contributed by atoms with Crippen LogP contribution in [0.25, 0.3) is 0 Å². The summed E-state index contributed by atoms with van der Waals surface area (Å²) >= 11 is 6.12. The summed E-state index contributed by atoms with van der Waals surface area (Å²) in [5.41, 5.74) is 0.797. The Bertz CT molecular complexity index is 677. The first-order chi connectivity index (χ1) is 9.50. The highest BCUT2D eigenvalue weighted by Gasteiger charge is 2.19. The summed E-state index contributed by atoms with van der Waals surface area (Å²) in [5.74, 6) is -0.786. The average Bonchev–Trinajstić information content (AvgIpc) is 2.46. The van der Waals surface area contributed by atoms with Gasteiger partial charge < -0.3 is 0 Å². The topological polar surface area (TPSA) is 46.2 Å². The van der Waals surface area contributed by atoms with Crippen molar-refractivity contribution in [3.05, 3.63) is 66.0 Å². The number of sulfonamides is 1. The van der Waals surface area contributed by atoms with Gasteiger partial charge in [0.05, 0.1) is 5.38 Å². The first-order valence-corrected chi connectivity index (χ1v) is 7.86. The second kappa shape index (κ2) is 6.35. The highest BCUT2D eigenvalue weighted by Crippen LogP contribution is 2.20. The molecule has 1 N–H and O–H groups in total. The third-order valence-corrected chi connectivity index (χ3v) is 4.60. The highest BCUT2D eigenvalue weighted by atomic mass is 35.5. The zero-order valence-electron chi connectivity index (χ0n) is 10.5. The van der Waals surface area contributed by atoms with Gasteiger partial charge in [-0.05, 0) is 17.7 Å². The molecular weight excluding hydrogens is 301 g/mol. The van der Waals surface area contributed by atoms with E-state index in [0.29, 0.717) is 0 Å². The Kier molecular flexibility index (Phi) is 4.75. The summed E-state index contributed by atoms with van der Waals surface area (Å²) in [6, 6.07) is 14.3. The number of hydrogen-bond donors (Lipinski definition) is 1. The predicted molar refractivity (Wildman–Crippen MR) is 76.6 cm³/mol. The molecule has 2 rings (SSSR count). The quantitative estimate of drug-likeness (QED) is 0.862. The Morgan fingerprint density at radius 1 is 1.05 bits per heavy atom. The molecule has 20 heavy (non-hydrogen) atoms. The largest absolute Gasteiger partial charge is 0.243 e. The van der Waals surface area contributed by atoms with Crippen LogP contribution in [0.1, 0.15) is 10.9 Å². The van der Waals surface area contributed by atoms with Gasteiger partial charge in [-0.3, -0.25) is 0 Å². The van der Waals surface area contributed by atoms with E-state index >= 15 is 0 Å². The Morgan fingerprint density at radius 3 is 2.30 bits per heavy atom. The molecule has 2 aromatic rings. The van der Waals surface area contributed by atoms with E-state index in [9.17, 15) is 12.8 Å². The molecule has 0 fully saturated rings. The van der Waals surface area contributed by atoms with Crippen LogP contribution in [-0.4, -0.2) is 15.0 Å². The van der Waals surface area contributed by atoms with Crippen LogP contribution in [0.2, 0.25) is 0 Å². The molecule has 0 aliphatic heterocycles. The van der Waals surface area contributed by atoms with Gasteiger partial charge in [-0.25, -0.2) is 17.5 Å². The molecule has 106 valence electrons. The number of nitrogens with one attached hydrogen (secondary N) is 1. The zero-order valence-corrected chi connectivity index (χ0v) is 12.0. The first kappa shape index (κ1) is 15.0. The minimum Gasteiger partial charge on any atom is -0.209 e. The van der Waals surface area contributed by atoms with Gasteiger partial charge in [0.25, 0.3) is 0 Å². The van der Waals surface area contributed by atoms with Gasteiger partial charge in [-0.2, -0.15) is 0 Å². The molecule has 0 bridgehead atoms. The van der Waals surface area contributed by atoms with E-state index in [2.05, 4.69) is 4.72 Å². The van der Waals surface area contributed by atoms with E-state index in [1.54, 1.807) is 12.1 Å². The van der Waals surface area contributed by atoms with E-state index in [0.717, 1.165) is 11.6 Å². The molecule has 0 amide bonds. The van der Waals surface area contributed by atoms with Crippen LogP contribution in [0.5, 0.6) is 0 Å². The summed E-state index contributed by atoms with van der Waals surface area (Å²) in [5, 5.41) is -0.516. The van der Waals surface area contributed by atoms with Crippen LogP contribution in [0.3, 0.4) is 0 Å². The molecule has 1 unspecified atom stereocenters. The van der Waals surface area contributed by atoms with Crippen molar-refractivity contribution in [2.45, 2.75) is 10.3 Å². The lowest BCUT2D eigenvalue weighted by molar-refractivity contribution is 0.556. The summed E-state index contributed by atoms with van der Waals surface area (Å²) in [4.78, 5) is -0.378. The molecule has 2 aromatic carbocycles. The van der Waals surface area contributed by atoms with E-state index < -0.39 is 21.2 Å². The van der Waals surface area contributed by atoms with Crippen molar-refractivity contribution in [1.82, 2.24) is 4.72 Å². The molecule has 0 radical (unpaired) electrons. The summed E-state index contributed by atoms with van der Waals surface area (Å²) in [6.45, 7) is -0.0117. The number of benzene rings is 2. The van der Waals surface area contributed by atoms with Crippen molar-refractivity contribution < 1.29 is 12.8 Å². The average molecular weight is 314 g/mol. The molecule has 0 heterocycles. The van der Waals surface area contributed by atoms with Gasteiger partial charge >= 0.3 is 0 Å². The van der Waals surface area contributed by atoms with E-state index in [-0.39, 0.29) is 11.4 Å². The Balaban J connectivity index is 2.09. The van der Waals surface area contributed by atoms with Gasteiger partial charge in [0.1, 0.15) is 10.7 Å². The normalized spacial score (nSPS) is 13.1. The maximum Gasteiger partial charge on any atom is 0.243 e. The van der Waals surface area contributed by atoms with E-state index in [4.69, 9.17) is 11.6 Å². The summed E-state index contributed by atoms with van der Waals surface area (Å²) in [6.07, 6.45) is 0. The lowest BCUT2D eigenvalue weighted by Gasteiger charge is -2.12. The second-order valence-electron chi connectivity index (χ2n) is 4.16. The van der Waals surface area contributed by atoms with Gasteiger partial charge in [0.15, 0.2) is 0 Å². The van der Waals surface area contributed by atoms with Crippen LogP contribution in [0.15, 0.2) is 59.5 Å². The van der Waals surface area contributed by atoms with E-state index in [1.807, 2.05) is 18.2 Å². The molecule has 0 spiro atoms. The van der Waals surface area contributed by atoms with Crippen LogP contribution in [-0.2, 0) is 10.0 Å². The van der Waals surface area contributed by atoms with Crippen molar-refractivity contribution in [1.29, 1.82) is 0 Å². The smallest absolute Gasteiger partial charge is 0.209 e. The monoisotopic (exact) mass is 313 g/mol. The molecule has 0 aliphatic carbocycles. The fraction of sp³-hybridized carbons (Fsp3) is 0.143. The Hall–Kier alpha value is -1.43. The summed E-state index contributed by atoms with van der Waals surface area (Å²) < 4.78 is 39.8. The van der Waals surface area contributed by atoms with Gasteiger partial charge in [0, 0.05) is 6.54 Å². The maximum atomic E-state index is 13.5. The zero-order chi connectivity index (χ0) is 14.6. The standard InChI is InChI=1S/C14H13ClFNO2S/c15-12(11-6-2-1-3-7-11)10-17-20(18,19)14-9-5-4-8-13(14)16/h1-9,12,17H,10H2. The third kappa shape index (κ3) is 3.56. The number of hydrogen-bond acceptors (Lipinski definition) is 2. The molecule has 0 aliphatic rings. The number of rotatable bonds is 5. The first-order valence-electron chi connectivity index (χ1n) is 5.94. The minimum atomic E-state index is -3.90. The SMILES string of the molecule is O=S(=O)(NCC(Cl)c1ccccc1)c1ccccc1F. The van der Waals surface area contributed by atoms with Crippen molar-refractivity contribution in [3.63, 3.8) is 0 Å². The maximum absolute atomic E-state index is 13.5. The van der Waals surface area contributed by atoms with Crippen molar-refractivity contribution >= 4 is 21.6 Å². The molecule has 6 heteroatoms. The third-order valence-electron chi connectivity index (χ3n) is 2.74. The lowest BCUT2D eigenvalue weighted by Crippen LogP contribution is -2.27. The molecule has 0 saturated carbocycles. The molecule has 0 saturated heterocycles. The number of alkyl halides is 1. The van der Waals surface area contributed by atoms with Crippen LogP contribution < -0.4 is 4.72 Å². The molecular formula is C14H13ClFNO2S. The summed E-state index contributed by atoms with van der Waals surface area (Å²) in [7, 11) is -3.90. The fourth-order valence-corrected chi connectivity index (χ4v) is 3.14. The van der Waals surface area contributed by atoms with E-state index in [1.165, 1.54) is 18.2 Å². The van der Waals surface area contributed by atoms with Crippen LogP contribution in [0.4, 0.5) is 4.39 Å². The van der Waals surface area contributed by atoms with Gasteiger partial charge in [-0.1, -0.05) is 42.5 Å². The van der Waals surface area contributed by atoms with Gasteiger partial charge in [-0.15, -0.1) is 11.6 Å². The fourth-order valence-electron chi connectivity index (χ4n) is 1.70. The second-order valence-corrected chi connectivity index (χ2v) is 6.42. The molecule has 1 atom stereocenters. The number of halogens is 2.